The minimum atomic E-state index is -3.76. The molecule has 2 rings (SSSR count). The van der Waals surface area contributed by atoms with Crippen LogP contribution in [0.3, 0.4) is 0 Å². The van der Waals surface area contributed by atoms with Crippen LogP contribution in [-0.2, 0) is 16.4 Å². The van der Waals surface area contributed by atoms with Crippen LogP contribution in [0.2, 0.25) is 0 Å². The van der Waals surface area contributed by atoms with E-state index in [1.807, 2.05) is 20.8 Å². The molecule has 0 spiro atoms. The molecule has 6 heteroatoms. The zero-order valence-corrected chi connectivity index (χ0v) is 15.6. The second-order valence-corrected chi connectivity index (χ2v) is 7.93. The van der Waals surface area contributed by atoms with Crippen LogP contribution in [0.25, 0.3) is 0 Å². The van der Waals surface area contributed by atoms with Crippen LogP contribution < -0.4 is 10.0 Å². The molecule has 0 aliphatic carbocycles. The van der Waals surface area contributed by atoms with Crippen molar-refractivity contribution in [2.75, 3.05) is 11.3 Å². The van der Waals surface area contributed by atoms with Gasteiger partial charge in [-0.05, 0) is 42.2 Å². The molecule has 0 unspecified atom stereocenters. The molecule has 2 aromatic rings. The van der Waals surface area contributed by atoms with Gasteiger partial charge in [-0.25, -0.2) is 8.42 Å². The molecule has 0 heterocycles. The maximum absolute atomic E-state index is 12.6. The van der Waals surface area contributed by atoms with Crippen LogP contribution in [0, 0.1) is 5.92 Å². The molecular weight excluding hydrogens is 336 g/mol. The summed E-state index contributed by atoms with van der Waals surface area (Å²) in [6, 6.07) is 13.3. The van der Waals surface area contributed by atoms with E-state index in [-0.39, 0.29) is 16.5 Å². The van der Waals surface area contributed by atoms with Gasteiger partial charge in [0, 0.05) is 6.54 Å². The molecule has 0 saturated heterocycles. The van der Waals surface area contributed by atoms with E-state index in [1.165, 1.54) is 0 Å². The van der Waals surface area contributed by atoms with Crippen molar-refractivity contribution in [3.05, 3.63) is 59.7 Å². The van der Waals surface area contributed by atoms with Gasteiger partial charge in [-0.3, -0.25) is 9.52 Å². The first-order valence-corrected chi connectivity index (χ1v) is 9.80. The Labute approximate surface area is 149 Å². The standard InChI is InChI=1S/C19H24N2O3S/c1-4-15-9-11-16(12-10-15)25(23,24)21-18-8-6-5-7-17(18)19(22)20-13-14(2)3/h5-12,14,21H,4,13H2,1-3H3,(H,20,22). The minimum absolute atomic E-state index is 0.169. The topological polar surface area (TPSA) is 75.3 Å². The summed E-state index contributed by atoms with van der Waals surface area (Å²) in [7, 11) is -3.76. The van der Waals surface area contributed by atoms with Gasteiger partial charge in [0.05, 0.1) is 16.1 Å². The van der Waals surface area contributed by atoms with E-state index in [4.69, 9.17) is 0 Å². The van der Waals surface area contributed by atoms with Crippen LogP contribution in [0.15, 0.2) is 53.4 Å². The fourth-order valence-electron chi connectivity index (χ4n) is 2.27. The maximum atomic E-state index is 12.6. The van der Waals surface area contributed by atoms with E-state index >= 15 is 0 Å². The summed E-state index contributed by atoms with van der Waals surface area (Å²) in [6.45, 7) is 6.52. The van der Waals surface area contributed by atoms with Gasteiger partial charge in [-0.15, -0.1) is 0 Å². The van der Waals surface area contributed by atoms with Crippen molar-refractivity contribution in [1.82, 2.24) is 5.32 Å². The normalized spacial score (nSPS) is 11.4. The van der Waals surface area contributed by atoms with E-state index in [1.54, 1.807) is 48.5 Å². The van der Waals surface area contributed by atoms with Crippen molar-refractivity contribution in [3.8, 4) is 0 Å². The molecule has 2 N–H and O–H groups in total. The third-order valence-electron chi connectivity index (χ3n) is 3.73. The van der Waals surface area contributed by atoms with Crippen molar-refractivity contribution in [2.24, 2.45) is 5.92 Å². The highest BCUT2D eigenvalue weighted by Gasteiger charge is 2.18. The molecule has 0 saturated carbocycles. The highest BCUT2D eigenvalue weighted by molar-refractivity contribution is 7.92. The SMILES string of the molecule is CCc1ccc(S(=O)(=O)Nc2ccccc2C(=O)NCC(C)C)cc1. The van der Waals surface area contributed by atoms with Crippen molar-refractivity contribution < 1.29 is 13.2 Å². The molecule has 134 valence electrons. The van der Waals surface area contributed by atoms with Gasteiger partial charge >= 0.3 is 0 Å². The molecule has 0 aliphatic heterocycles. The van der Waals surface area contributed by atoms with Crippen molar-refractivity contribution in [3.63, 3.8) is 0 Å². The molecule has 0 bridgehead atoms. The molecular formula is C19H24N2O3S. The van der Waals surface area contributed by atoms with Gasteiger partial charge in [0.15, 0.2) is 0 Å². The molecule has 0 aliphatic rings. The van der Waals surface area contributed by atoms with Crippen molar-refractivity contribution in [1.29, 1.82) is 0 Å². The average Bonchev–Trinajstić information content (AvgIpc) is 2.60. The van der Waals surface area contributed by atoms with Gasteiger partial charge in [0.2, 0.25) is 0 Å². The number of hydrogen-bond acceptors (Lipinski definition) is 3. The molecule has 0 atom stereocenters. The third-order valence-corrected chi connectivity index (χ3v) is 5.11. The summed E-state index contributed by atoms with van der Waals surface area (Å²) >= 11 is 0. The van der Waals surface area contributed by atoms with Gasteiger partial charge in [-0.1, -0.05) is 45.0 Å². The number of aryl methyl sites for hydroxylation is 1. The lowest BCUT2D eigenvalue weighted by Gasteiger charge is -2.14. The summed E-state index contributed by atoms with van der Waals surface area (Å²) in [4.78, 5) is 12.5. The average molecular weight is 360 g/mol. The number of carbonyl (C=O) groups is 1. The molecule has 0 aromatic heterocycles. The Bertz CT molecular complexity index is 828. The molecule has 0 fully saturated rings. The number of para-hydroxylation sites is 1. The summed E-state index contributed by atoms with van der Waals surface area (Å²) in [5, 5.41) is 2.81. The molecule has 5 nitrogen and oxygen atoms in total. The van der Waals surface area contributed by atoms with Crippen molar-refractivity contribution in [2.45, 2.75) is 32.1 Å². The molecule has 2 aromatic carbocycles. The lowest BCUT2D eigenvalue weighted by molar-refractivity contribution is 0.0950. The van der Waals surface area contributed by atoms with Crippen LogP contribution in [-0.4, -0.2) is 20.9 Å². The fourth-order valence-corrected chi connectivity index (χ4v) is 3.35. The second-order valence-electron chi connectivity index (χ2n) is 6.25. The highest BCUT2D eigenvalue weighted by Crippen LogP contribution is 2.20. The number of nitrogens with one attached hydrogen (secondary N) is 2. The summed E-state index contributed by atoms with van der Waals surface area (Å²) in [5.41, 5.74) is 1.63. The van der Waals surface area contributed by atoms with Gasteiger partial charge in [0.1, 0.15) is 0 Å². The summed E-state index contributed by atoms with van der Waals surface area (Å²) in [6.07, 6.45) is 0.840. The Morgan fingerprint density at radius 1 is 1.04 bits per heavy atom. The smallest absolute Gasteiger partial charge is 0.261 e. The number of anilines is 1. The monoisotopic (exact) mass is 360 g/mol. The minimum Gasteiger partial charge on any atom is -0.352 e. The van der Waals surface area contributed by atoms with Gasteiger partial charge in [0.25, 0.3) is 15.9 Å². The Morgan fingerprint density at radius 2 is 1.68 bits per heavy atom. The molecule has 25 heavy (non-hydrogen) atoms. The Hall–Kier alpha value is -2.34. The quantitative estimate of drug-likeness (QED) is 0.794. The predicted molar refractivity (Wildman–Crippen MR) is 100 cm³/mol. The van der Waals surface area contributed by atoms with Gasteiger partial charge < -0.3 is 5.32 Å². The number of amides is 1. The third kappa shape index (κ3) is 5.06. The number of benzene rings is 2. The second kappa shape index (κ2) is 8.16. The van der Waals surface area contributed by atoms with E-state index in [0.29, 0.717) is 18.0 Å². The first-order valence-electron chi connectivity index (χ1n) is 8.32. The highest BCUT2D eigenvalue weighted by atomic mass is 32.2. The summed E-state index contributed by atoms with van der Waals surface area (Å²) in [5.74, 6) is 0.0122. The lowest BCUT2D eigenvalue weighted by Crippen LogP contribution is -2.28. The fraction of sp³-hybridized carbons (Fsp3) is 0.316. The largest absolute Gasteiger partial charge is 0.352 e. The van der Waals surface area contributed by atoms with Crippen LogP contribution in [0.1, 0.15) is 36.7 Å². The number of hydrogen-bond donors (Lipinski definition) is 2. The Kier molecular flexibility index (Phi) is 6.20. The predicted octanol–water partition coefficient (Wildman–Crippen LogP) is 3.44. The van der Waals surface area contributed by atoms with Gasteiger partial charge in [-0.2, -0.15) is 0 Å². The number of carbonyl (C=O) groups excluding carboxylic acids is 1. The molecule has 1 amide bonds. The Balaban J connectivity index is 2.25. The van der Waals surface area contributed by atoms with Crippen LogP contribution in [0.4, 0.5) is 5.69 Å². The first kappa shape index (κ1) is 19.0. The first-order chi connectivity index (χ1) is 11.8. The zero-order chi connectivity index (χ0) is 18.4. The van der Waals surface area contributed by atoms with Crippen LogP contribution in [0.5, 0.6) is 0 Å². The van der Waals surface area contributed by atoms with E-state index in [9.17, 15) is 13.2 Å². The van der Waals surface area contributed by atoms with Crippen molar-refractivity contribution >= 4 is 21.6 Å². The van der Waals surface area contributed by atoms with E-state index in [0.717, 1.165) is 12.0 Å². The van der Waals surface area contributed by atoms with E-state index < -0.39 is 10.0 Å². The van der Waals surface area contributed by atoms with E-state index in [2.05, 4.69) is 10.0 Å². The maximum Gasteiger partial charge on any atom is 0.261 e. The number of sulfonamides is 1. The number of rotatable bonds is 7. The zero-order valence-electron chi connectivity index (χ0n) is 14.7. The lowest BCUT2D eigenvalue weighted by atomic mass is 10.1. The van der Waals surface area contributed by atoms with Crippen LogP contribution >= 0.6 is 0 Å². The molecule has 0 radical (unpaired) electrons. The summed E-state index contributed by atoms with van der Waals surface area (Å²) < 4.78 is 27.7. The Morgan fingerprint density at radius 3 is 2.28 bits per heavy atom.